The zero-order chi connectivity index (χ0) is 27.5. The van der Waals surface area contributed by atoms with Crippen molar-refractivity contribution in [2.45, 2.75) is 43.6 Å². The Balaban J connectivity index is 1.30. The van der Waals surface area contributed by atoms with Gasteiger partial charge in [-0.05, 0) is 25.5 Å². The van der Waals surface area contributed by atoms with Crippen molar-refractivity contribution in [1.82, 2.24) is 25.1 Å². The van der Waals surface area contributed by atoms with Crippen molar-refractivity contribution >= 4 is 39.5 Å². The number of nitrogens with two attached hydrogens (primary N) is 1. The third-order valence-electron chi connectivity index (χ3n) is 6.83. The lowest BCUT2D eigenvalue weighted by molar-refractivity contribution is 0.123. The van der Waals surface area contributed by atoms with Crippen molar-refractivity contribution in [1.29, 1.82) is 0 Å². The minimum atomic E-state index is -2.70. The zero-order valence-electron chi connectivity index (χ0n) is 20.5. The largest absolute Gasteiger partial charge is 0.468 e. The van der Waals surface area contributed by atoms with E-state index < -0.39 is 34.3 Å². The number of anilines is 2. The highest BCUT2D eigenvalue weighted by Crippen LogP contribution is 2.68. The monoisotopic (exact) mass is 560 g/mol. The van der Waals surface area contributed by atoms with Gasteiger partial charge in [0.1, 0.15) is 5.52 Å². The van der Waals surface area contributed by atoms with E-state index in [4.69, 9.17) is 15.0 Å². The second-order valence-electron chi connectivity index (χ2n) is 9.41. The molecule has 0 unspecified atom stereocenters. The number of hydrogen-bond acceptors (Lipinski definition) is 11. The fraction of sp³-hybridized carbons (Fsp3) is 0.333. The third-order valence-corrected chi connectivity index (χ3v) is 8.14. The fourth-order valence-corrected chi connectivity index (χ4v) is 6.24. The molecule has 0 bridgehead atoms. The summed E-state index contributed by atoms with van der Waals surface area (Å²) in [6.07, 6.45) is 0.206. The van der Waals surface area contributed by atoms with Crippen molar-refractivity contribution in [3.05, 3.63) is 59.5 Å². The zero-order valence-corrected chi connectivity index (χ0v) is 21.3. The first-order valence-corrected chi connectivity index (χ1v) is 12.5. The predicted molar refractivity (Wildman–Crippen MR) is 134 cm³/mol. The normalized spacial score (nSPS) is 24.0. The summed E-state index contributed by atoms with van der Waals surface area (Å²) in [6.45, 7) is 3.17. The van der Waals surface area contributed by atoms with Gasteiger partial charge >= 0.3 is 0 Å². The minimum Gasteiger partial charge on any atom is -0.468 e. The summed E-state index contributed by atoms with van der Waals surface area (Å²) in [7, 11) is 0. The molecule has 202 valence electrons. The van der Waals surface area contributed by atoms with Gasteiger partial charge in [-0.2, -0.15) is 4.98 Å². The molecule has 15 heteroatoms. The van der Waals surface area contributed by atoms with Crippen LogP contribution in [-0.2, 0) is 12.1 Å². The summed E-state index contributed by atoms with van der Waals surface area (Å²) in [5.74, 6) is -1.92. The molecule has 0 spiro atoms. The first kappa shape index (κ1) is 25.3. The Hall–Kier alpha value is -4.01. The van der Waals surface area contributed by atoms with Gasteiger partial charge in [0.15, 0.2) is 29.2 Å². The van der Waals surface area contributed by atoms with E-state index in [1.165, 1.54) is 25.4 Å². The summed E-state index contributed by atoms with van der Waals surface area (Å²) in [5.41, 5.74) is 5.06. The Morgan fingerprint density at radius 1 is 1.26 bits per heavy atom. The highest BCUT2D eigenvalue weighted by Gasteiger charge is 2.71. The lowest BCUT2D eigenvalue weighted by Gasteiger charge is -2.34. The Morgan fingerprint density at radius 3 is 2.82 bits per heavy atom. The van der Waals surface area contributed by atoms with Crippen LogP contribution in [0.1, 0.15) is 30.6 Å². The van der Waals surface area contributed by atoms with E-state index in [0.717, 1.165) is 17.8 Å². The molecule has 10 nitrogen and oxygen atoms in total. The van der Waals surface area contributed by atoms with E-state index in [0.29, 0.717) is 22.7 Å². The molecule has 4 heterocycles. The summed E-state index contributed by atoms with van der Waals surface area (Å²) < 4.78 is 66.7. The lowest BCUT2D eigenvalue weighted by atomic mass is 9.85. The summed E-state index contributed by atoms with van der Waals surface area (Å²) in [4.78, 5) is 21.4. The Morgan fingerprint density at radius 2 is 2.08 bits per heavy atom. The standard InChI is InChI=1S/C24H20F4N8O2S/c1-10-32-16(36-38-10)9-37-17-8-31-19-14(34-17)3-4-30-20(19)33-11-5-12(18(26)13(25)6-11)23(2)15-7-24(15,21(27)28)39-22(29)35-23/h3-6,8,15,21H,7,9H2,1-2H3,(H2,29,35)(H,30,33)/t15-,23-,24-/m0/s1. The van der Waals surface area contributed by atoms with Crippen molar-refractivity contribution in [2.24, 2.45) is 16.6 Å². The van der Waals surface area contributed by atoms with E-state index in [9.17, 15) is 13.2 Å². The number of thioether (sulfide) groups is 1. The molecule has 1 fully saturated rings. The molecule has 3 N–H and O–H groups in total. The van der Waals surface area contributed by atoms with Crippen LogP contribution in [0.5, 0.6) is 5.88 Å². The average molecular weight is 561 g/mol. The number of pyridine rings is 1. The van der Waals surface area contributed by atoms with Crippen LogP contribution in [0.2, 0.25) is 0 Å². The van der Waals surface area contributed by atoms with Crippen LogP contribution in [0, 0.1) is 24.5 Å². The molecular weight excluding hydrogens is 540 g/mol. The van der Waals surface area contributed by atoms with Crippen molar-refractivity contribution < 1.29 is 26.8 Å². The number of alkyl halides is 2. The van der Waals surface area contributed by atoms with Crippen LogP contribution in [0.15, 0.2) is 40.1 Å². The first-order chi connectivity index (χ1) is 18.6. The number of fused-ring (bicyclic) bond motifs is 2. The van der Waals surface area contributed by atoms with Gasteiger partial charge in [-0.1, -0.05) is 16.9 Å². The smallest absolute Gasteiger partial charge is 0.253 e. The molecule has 39 heavy (non-hydrogen) atoms. The Labute approximate surface area is 222 Å². The first-order valence-electron chi connectivity index (χ1n) is 11.7. The van der Waals surface area contributed by atoms with Crippen LogP contribution in [0.25, 0.3) is 11.0 Å². The van der Waals surface area contributed by atoms with Crippen LogP contribution in [0.4, 0.5) is 29.1 Å². The molecule has 4 aromatic rings. The number of benzene rings is 1. The number of aliphatic imine (C=N–C) groups is 1. The van der Waals surface area contributed by atoms with E-state index in [2.05, 4.69) is 35.4 Å². The van der Waals surface area contributed by atoms with Crippen LogP contribution in [0.3, 0.4) is 0 Å². The molecule has 1 aliphatic heterocycles. The lowest BCUT2D eigenvalue weighted by Crippen LogP contribution is -2.39. The van der Waals surface area contributed by atoms with Gasteiger partial charge in [0.05, 0.1) is 22.0 Å². The molecule has 0 saturated heterocycles. The average Bonchev–Trinajstić information content (AvgIpc) is 3.51. The molecule has 1 saturated carbocycles. The number of halogens is 4. The molecule has 6 rings (SSSR count). The second-order valence-corrected chi connectivity index (χ2v) is 10.8. The maximum Gasteiger partial charge on any atom is 0.253 e. The highest BCUT2D eigenvalue weighted by molar-refractivity contribution is 8.15. The van der Waals surface area contributed by atoms with Gasteiger partial charge < -0.3 is 20.3 Å². The van der Waals surface area contributed by atoms with Crippen LogP contribution in [-0.4, -0.2) is 41.4 Å². The number of nitrogens with zero attached hydrogens (tertiary/aromatic N) is 6. The highest BCUT2D eigenvalue weighted by atomic mass is 32.2. The van der Waals surface area contributed by atoms with Gasteiger partial charge in [-0.15, -0.1) is 0 Å². The van der Waals surface area contributed by atoms with Gasteiger partial charge in [0, 0.05) is 36.4 Å². The molecule has 0 radical (unpaired) electrons. The fourth-order valence-electron chi connectivity index (χ4n) is 4.90. The number of aromatic nitrogens is 5. The Kier molecular flexibility index (Phi) is 5.86. The molecule has 1 aliphatic carbocycles. The molecule has 3 aromatic heterocycles. The SMILES string of the molecule is Cc1nc(COc2cnc3c(Nc4cc(F)c(F)c([C@]5(C)N=C(N)S[C@@]6(C(F)F)C[C@@H]56)c4)nccc3n2)no1. The van der Waals surface area contributed by atoms with Gasteiger partial charge in [0.2, 0.25) is 17.6 Å². The number of ether oxygens (including phenoxy) is 1. The van der Waals surface area contributed by atoms with E-state index in [1.807, 2.05) is 0 Å². The van der Waals surface area contributed by atoms with Crippen LogP contribution >= 0.6 is 11.8 Å². The van der Waals surface area contributed by atoms with E-state index in [1.54, 1.807) is 13.0 Å². The minimum absolute atomic E-state index is 0.0173. The van der Waals surface area contributed by atoms with Crippen molar-refractivity contribution in [3.63, 3.8) is 0 Å². The maximum atomic E-state index is 15.1. The summed E-state index contributed by atoms with van der Waals surface area (Å²) in [6, 6.07) is 3.88. The molecule has 2 aliphatic rings. The predicted octanol–water partition coefficient (Wildman–Crippen LogP) is 4.62. The summed E-state index contributed by atoms with van der Waals surface area (Å²) >= 11 is 0.789. The summed E-state index contributed by atoms with van der Waals surface area (Å²) in [5, 5.41) is 6.59. The topological polar surface area (TPSA) is 137 Å². The van der Waals surface area contributed by atoms with Crippen LogP contribution < -0.4 is 15.8 Å². The number of rotatable bonds is 7. The second kappa shape index (κ2) is 9.03. The quantitative estimate of drug-likeness (QED) is 0.308. The van der Waals surface area contributed by atoms with E-state index >= 15 is 4.39 Å². The molecular formula is C24H20F4N8O2S. The molecule has 3 atom stereocenters. The van der Waals surface area contributed by atoms with Gasteiger partial charge in [-0.3, -0.25) is 4.99 Å². The number of aryl methyl sites for hydroxylation is 1. The third kappa shape index (κ3) is 4.30. The number of hydrogen-bond donors (Lipinski definition) is 2. The van der Waals surface area contributed by atoms with Gasteiger partial charge in [-0.25, -0.2) is 32.5 Å². The Bertz CT molecular complexity index is 1640. The van der Waals surface area contributed by atoms with Crippen molar-refractivity contribution in [2.75, 3.05) is 5.32 Å². The van der Waals surface area contributed by atoms with E-state index in [-0.39, 0.29) is 41.1 Å². The number of nitrogens with one attached hydrogen (secondary N) is 1. The molecule has 1 aromatic carbocycles. The maximum absolute atomic E-state index is 15.1. The van der Waals surface area contributed by atoms with Crippen molar-refractivity contribution in [3.8, 4) is 5.88 Å². The number of amidine groups is 1. The molecule has 0 amide bonds. The van der Waals surface area contributed by atoms with Gasteiger partial charge in [0.25, 0.3) is 6.43 Å².